The van der Waals surface area contributed by atoms with Gasteiger partial charge >= 0.3 is 0 Å². The molecule has 0 unspecified atom stereocenters. The summed E-state index contributed by atoms with van der Waals surface area (Å²) in [4.78, 5) is 42.1. The molecule has 0 aliphatic carbocycles. The van der Waals surface area contributed by atoms with Crippen LogP contribution in [-0.4, -0.2) is 102 Å². The number of fused-ring (bicyclic) bond motifs is 8. The summed E-state index contributed by atoms with van der Waals surface area (Å²) in [6, 6.07) is 6.81. The highest BCUT2D eigenvalue weighted by atomic mass is 19.1. The summed E-state index contributed by atoms with van der Waals surface area (Å²) in [5, 5.41) is 8.33. The predicted octanol–water partition coefficient (Wildman–Crippen LogP) is 4.18. The Morgan fingerprint density at radius 1 is 1.02 bits per heavy atom. The minimum absolute atomic E-state index is 0.00365. The predicted molar refractivity (Wildman–Crippen MR) is 187 cm³/mol. The zero-order chi connectivity index (χ0) is 36.4. The highest BCUT2D eigenvalue weighted by Crippen LogP contribution is 2.35. The van der Waals surface area contributed by atoms with Crippen molar-refractivity contribution in [2.24, 2.45) is 0 Å². The zero-order valence-electron chi connectivity index (χ0n) is 28.8. The fourth-order valence-corrected chi connectivity index (χ4v) is 7.74. The Labute approximate surface area is 300 Å². The first-order valence-electron chi connectivity index (χ1n) is 17.4. The number of carbonyl (C=O) groups excluding carboxylic acids is 1. The third kappa shape index (κ3) is 5.89. The fraction of sp³-hybridized carbons (Fsp3) is 0.361. The molecule has 0 radical (unpaired) electrons. The number of imidazole rings is 1. The maximum Gasteiger partial charge on any atom is 0.245 e. The quantitative estimate of drug-likeness (QED) is 0.280. The van der Waals surface area contributed by atoms with Gasteiger partial charge in [-0.1, -0.05) is 0 Å². The van der Waals surface area contributed by atoms with E-state index in [-0.39, 0.29) is 41.8 Å². The second-order valence-electron chi connectivity index (χ2n) is 13.5. The van der Waals surface area contributed by atoms with Gasteiger partial charge in [-0.15, -0.1) is 0 Å². The molecule has 2 aromatic carbocycles. The van der Waals surface area contributed by atoms with Gasteiger partial charge in [0.1, 0.15) is 41.6 Å². The van der Waals surface area contributed by atoms with E-state index < -0.39 is 23.5 Å². The van der Waals surface area contributed by atoms with Crippen molar-refractivity contribution in [2.45, 2.75) is 51.1 Å². The molecule has 0 spiro atoms. The molecule has 2 saturated heterocycles. The van der Waals surface area contributed by atoms with E-state index in [0.29, 0.717) is 85.4 Å². The van der Waals surface area contributed by atoms with Crippen LogP contribution in [-0.2, 0) is 27.4 Å². The number of aromatic nitrogens is 8. The van der Waals surface area contributed by atoms with Crippen LogP contribution in [0.2, 0.25) is 0 Å². The summed E-state index contributed by atoms with van der Waals surface area (Å²) in [5.41, 5.74) is 2.57. The average Bonchev–Trinajstić information content (AvgIpc) is 3.77. The van der Waals surface area contributed by atoms with Crippen molar-refractivity contribution in [1.82, 2.24) is 44.2 Å². The number of hydrogen-bond donors (Lipinski definition) is 1. The number of benzene rings is 2. The Balaban J connectivity index is 1.18. The summed E-state index contributed by atoms with van der Waals surface area (Å²) in [6.45, 7) is 3.85. The molecule has 6 aromatic rings. The number of hydrogen-bond acceptors (Lipinski definition) is 11. The van der Waals surface area contributed by atoms with Gasteiger partial charge in [0.2, 0.25) is 11.9 Å². The van der Waals surface area contributed by atoms with E-state index in [1.165, 1.54) is 36.2 Å². The maximum absolute atomic E-state index is 15.1. The summed E-state index contributed by atoms with van der Waals surface area (Å²) < 4.78 is 59.0. The lowest BCUT2D eigenvalue weighted by molar-refractivity contribution is -0.133. The molecule has 3 atom stereocenters. The topological polar surface area (TPSA) is 141 Å². The summed E-state index contributed by atoms with van der Waals surface area (Å²) in [5.74, 6) is -0.388. The first-order chi connectivity index (χ1) is 25.7. The number of nitrogens with zero attached hydrogens (tertiary/aromatic N) is 10. The largest absolute Gasteiger partial charge is 0.377 e. The van der Waals surface area contributed by atoms with Gasteiger partial charge < -0.3 is 29.2 Å². The lowest BCUT2D eigenvalue weighted by Gasteiger charge is -2.31. The minimum atomic E-state index is -0.813. The molecule has 0 saturated carbocycles. The lowest BCUT2D eigenvalue weighted by Crippen LogP contribution is -2.48. The number of amides is 1. The van der Waals surface area contributed by atoms with Gasteiger partial charge in [0.25, 0.3) is 0 Å². The SMILES string of the molecule is COCc1nc(N2C[C@@H]3C[C@H]2C(=O)N2CCCO[C@H](C2)Cn2c(C)nc4cc(F)cc(c42)-c2ccnc(n2)N3)c2cnn(-c3ccc(F)cc3F)c2n1. The monoisotopic (exact) mass is 725 g/mol. The highest BCUT2D eigenvalue weighted by Gasteiger charge is 2.42. The number of aryl methyl sites for hydroxylation is 1. The van der Waals surface area contributed by atoms with Crippen molar-refractivity contribution >= 4 is 39.7 Å². The van der Waals surface area contributed by atoms with Gasteiger partial charge in [-0.2, -0.15) is 5.10 Å². The van der Waals surface area contributed by atoms with Crippen LogP contribution in [0.4, 0.5) is 24.9 Å². The van der Waals surface area contributed by atoms with E-state index in [4.69, 9.17) is 19.4 Å². The average molecular weight is 726 g/mol. The number of halogens is 3. The standard InChI is InChI=1S/C36H34F3N11O3/c1-19-42-28-12-21(38)10-24-27-6-7-40-36(44-27)43-22-13-30(35(51)47-8-3-9-53-23(16-47)17-48(19)32(24)28)49(15-22)33-25-14-41-50(29-5-4-20(37)11-26(29)39)34(25)46-31(45-33)18-52-2/h4-7,10-12,14,22-23,30H,3,8-9,13,15-18H2,1-2H3,(H,40,43,44)/t22-,23+,30-/m0/s1. The zero-order valence-corrected chi connectivity index (χ0v) is 28.8. The number of carbonyl (C=O) groups is 1. The Morgan fingerprint density at radius 2 is 1.91 bits per heavy atom. The molecule has 2 fully saturated rings. The molecule has 14 nitrogen and oxygen atoms in total. The van der Waals surface area contributed by atoms with E-state index in [9.17, 15) is 9.18 Å². The van der Waals surface area contributed by atoms with Gasteiger partial charge in [-0.3, -0.25) is 4.79 Å². The third-order valence-corrected chi connectivity index (χ3v) is 10.0. The third-order valence-electron chi connectivity index (χ3n) is 10.0. The van der Waals surface area contributed by atoms with E-state index in [2.05, 4.69) is 25.4 Å². The molecule has 7 heterocycles. The van der Waals surface area contributed by atoms with E-state index >= 15 is 8.78 Å². The molecule has 272 valence electrons. The fourth-order valence-electron chi connectivity index (χ4n) is 7.74. The first-order valence-corrected chi connectivity index (χ1v) is 17.4. The highest BCUT2D eigenvalue weighted by molar-refractivity contribution is 5.94. The number of nitrogens with one attached hydrogen (secondary N) is 1. The van der Waals surface area contributed by atoms with Crippen molar-refractivity contribution in [3.8, 4) is 16.9 Å². The maximum atomic E-state index is 15.1. The van der Waals surface area contributed by atoms with Crippen molar-refractivity contribution in [3.63, 3.8) is 0 Å². The van der Waals surface area contributed by atoms with Crippen molar-refractivity contribution in [1.29, 1.82) is 0 Å². The van der Waals surface area contributed by atoms with Gasteiger partial charge in [0, 0.05) is 63.3 Å². The van der Waals surface area contributed by atoms with E-state index in [0.717, 1.165) is 17.6 Å². The van der Waals surface area contributed by atoms with E-state index in [1.807, 2.05) is 21.3 Å². The van der Waals surface area contributed by atoms with Gasteiger partial charge in [-0.25, -0.2) is 42.8 Å². The van der Waals surface area contributed by atoms with Crippen molar-refractivity contribution in [2.75, 3.05) is 43.6 Å². The number of rotatable bonds is 4. The molecular formula is C36H34F3N11O3. The molecule has 1 amide bonds. The smallest absolute Gasteiger partial charge is 0.245 e. The van der Waals surface area contributed by atoms with Crippen LogP contribution in [0, 0.1) is 24.4 Å². The Morgan fingerprint density at radius 3 is 2.75 bits per heavy atom. The Hall–Kier alpha value is -5.68. The van der Waals surface area contributed by atoms with Gasteiger partial charge in [0.15, 0.2) is 17.3 Å². The normalized spacial score (nSPS) is 20.4. The number of ether oxygens (including phenoxy) is 2. The summed E-state index contributed by atoms with van der Waals surface area (Å²) in [7, 11) is 1.51. The second kappa shape index (κ2) is 13.1. The number of anilines is 2. The van der Waals surface area contributed by atoms with Crippen LogP contribution in [0.25, 0.3) is 39.0 Å². The molecular weight excluding hydrogens is 691 g/mol. The van der Waals surface area contributed by atoms with Crippen molar-refractivity contribution < 1.29 is 27.4 Å². The number of methoxy groups -OCH3 is 1. The van der Waals surface area contributed by atoms with Crippen LogP contribution >= 0.6 is 0 Å². The molecule has 1 N–H and O–H groups in total. The van der Waals surface area contributed by atoms with Gasteiger partial charge in [-0.05, 0) is 44.0 Å². The van der Waals surface area contributed by atoms with Crippen LogP contribution in [0.3, 0.4) is 0 Å². The van der Waals surface area contributed by atoms with Crippen LogP contribution in [0.5, 0.6) is 0 Å². The molecule has 3 aliphatic rings. The molecule has 17 heteroatoms. The summed E-state index contributed by atoms with van der Waals surface area (Å²) >= 11 is 0. The molecule has 4 aromatic heterocycles. The van der Waals surface area contributed by atoms with Gasteiger partial charge in [0.05, 0.1) is 41.0 Å². The molecule has 9 rings (SSSR count). The first kappa shape index (κ1) is 33.2. The molecule has 53 heavy (non-hydrogen) atoms. The Bertz CT molecular complexity index is 2400. The van der Waals surface area contributed by atoms with Crippen molar-refractivity contribution in [3.05, 3.63) is 77.9 Å². The Kier molecular flexibility index (Phi) is 8.18. The van der Waals surface area contributed by atoms with E-state index in [1.54, 1.807) is 12.3 Å². The summed E-state index contributed by atoms with van der Waals surface area (Å²) in [6.07, 6.45) is 3.76. The minimum Gasteiger partial charge on any atom is -0.377 e. The molecule has 6 bridgehead atoms. The van der Waals surface area contributed by atoms with Crippen LogP contribution in [0.1, 0.15) is 24.5 Å². The van der Waals surface area contributed by atoms with Crippen LogP contribution in [0.15, 0.2) is 48.8 Å². The molecule has 3 aliphatic heterocycles. The lowest BCUT2D eigenvalue weighted by atomic mass is 10.1. The second-order valence-corrected chi connectivity index (χ2v) is 13.5. The van der Waals surface area contributed by atoms with Crippen LogP contribution < -0.4 is 10.2 Å².